The van der Waals surface area contributed by atoms with Gasteiger partial charge in [0.1, 0.15) is 10.8 Å². The molecule has 0 fully saturated rings. The Bertz CT molecular complexity index is 617. The van der Waals surface area contributed by atoms with Crippen LogP contribution in [-0.2, 0) is 13.1 Å². The normalized spacial score (nSPS) is 13.2. The number of nitrogens with one attached hydrogen (secondary N) is 1. The van der Waals surface area contributed by atoms with Gasteiger partial charge in [0.15, 0.2) is 0 Å². The van der Waals surface area contributed by atoms with Crippen molar-refractivity contribution >= 4 is 17.4 Å². The van der Waals surface area contributed by atoms with Crippen LogP contribution >= 0.6 is 11.3 Å². The van der Waals surface area contributed by atoms with Gasteiger partial charge in [0.05, 0.1) is 37.8 Å². The molecule has 0 spiro atoms. The Labute approximate surface area is 118 Å². The fourth-order valence-electron chi connectivity index (χ4n) is 1.99. The summed E-state index contributed by atoms with van der Waals surface area (Å²) in [5.74, 6) is 0.698. The van der Waals surface area contributed by atoms with Crippen LogP contribution in [0.1, 0.15) is 10.6 Å². The first-order valence-electron chi connectivity index (χ1n) is 5.89. The number of hydrogen-bond donors (Lipinski definition) is 2. The highest BCUT2D eigenvalue weighted by molar-refractivity contribution is 7.15. The lowest BCUT2D eigenvalue weighted by molar-refractivity contribution is 0.129. The van der Waals surface area contributed by atoms with Crippen LogP contribution in [-0.4, -0.2) is 33.2 Å². The van der Waals surface area contributed by atoms with Gasteiger partial charge in [0, 0.05) is 4.88 Å². The van der Waals surface area contributed by atoms with E-state index in [4.69, 9.17) is 9.94 Å². The van der Waals surface area contributed by atoms with Gasteiger partial charge in [-0.25, -0.2) is 20.2 Å². The smallest absolute Gasteiger partial charge is 0.341 e. The molecule has 0 unspecified atom stereocenters. The molecule has 3 rings (SSSR count). The lowest BCUT2D eigenvalue weighted by Gasteiger charge is -2.12. The highest BCUT2D eigenvalue weighted by Crippen LogP contribution is 2.33. The first-order valence-corrected chi connectivity index (χ1v) is 6.71. The molecule has 0 atom stereocenters. The van der Waals surface area contributed by atoms with Crippen molar-refractivity contribution in [2.75, 3.05) is 7.11 Å². The van der Waals surface area contributed by atoms with Crippen LogP contribution in [0.4, 0.5) is 4.79 Å². The third-order valence-corrected chi connectivity index (χ3v) is 4.13. The molecule has 0 bridgehead atoms. The molecule has 0 radical (unpaired) electrons. The molecule has 2 amide bonds. The molecule has 2 aromatic rings. The maximum atomic E-state index is 11.3. The molecule has 8 heteroatoms. The molecule has 0 saturated carbocycles. The average molecular weight is 292 g/mol. The zero-order valence-corrected chi connectivity index (χ0v) is 11.5. The minimum absolute atomic E-state index is 0.397. The number of carbonyl (C=O) groups excluding carboxylic acids is 1. The van der Waals surface area contributed by atoms with Gasteiger partial charge < -0.3 is 9.64 Å². The maximum absolute atomic E-state index is 11.3. The number of methoxy groups -OCH3 is 1. The number of fused-ring (bicyclic) bond motifs is 1. The minimum atomic E-state index is -0.515. The van der Waals surface area contributed by atoms with Crippen LogP contribution < -0.4 is 10.2 Å². The number of hydroxylamine groups is 1. The van der Waals surface area contributed by atoms with E-state index >= 15 is 0 Å². The van der Waals surface area contributed by atoms with Crippen LogP contribution in [0, 0.1) is 0 Å². The molecule has 0 saturated heterocycles. The second kappa shape index (κ2) is 5.06. The highest BCUT2D eigenvalue weighted by atomic mass is 32.1. The number of nitrogens with zero attached hydrogens (tertiary/aromatic N) is 3. The average Bonchev–Trinajstić information content (AvgIpc) is 3.05. The Hall–Kier alpha value is -2.19. The molecule has 1 aliphatic heterocycles. The Kier molecular flexibility index (Phi) is 3.25. The van der Waals surface area contributed by atoms with Gasteiger partial charge in [-0.3, -0.25) is 5.21 Å². The number of amides is 2. The predicted molar refractivity (Wildman–Crippen MR) is 71.5 cm³/mol. The zero-order chi connectivity index (χ0) is 14.1. The molecule has 20 heavy (non-hydrogen) atoms. The van der Waals surface area contributed by atoms with Crippen molar-refractivity contribution in [3.05, 3.63) is 28.9 Å². The third-order valence-electron chi connectivity index (χ3n) is 3.03. The monoisotopic (exact) mass is 292 g/mol. The summed E-state index contributed by atoms with van der Waals surface area (Å²) in [5.41, 5.74) is 3.26. The Morgan fingerprint density at radius 1 is 1.50 bits per heavy atom. The van der Waals surface area contributed by atoms with Crippen LogP contribution in [0.2, 0.25) is 0 Å². The van der Waals surface area contributed by atoms with Crippen molar-refractivity contribution in [2.45, 2.75) is 13.1 Å². The maximum Gasteiger partial charge on any atom is 0.341 e. The lowest BCUT2D eigenvalue weighted by Crippen LogP contribution is -2.34. The van der Waals surface area contributed by atoms with Crippen LogP contribution in [0.3, 0.4) is 0 Å². The van der Waals surface area contributed by atoms with Crippen molar-refractivity contribution < 1.29 is 14.7 Å². The Balaban J connectivity index is 1.81. The van der Waals surface area contributed by atoms with Crippen molar-refractivity contribution in [3.63, 3.8) is 0 Å². The fourth-order valence-corrected chi connectivity index (χ4v) is 3.05. The summed E-state index contributed by atoms with van der Waals surface area (Å²) < 4.78 is 5.06. The van der Waals surface area contributed by atoms with Gasteiger partial charge in [0.2, 0.25) is 0 Å². The van der Waals surface area contributed by atoms with E-state index < -0.39 is 6.03 Å². The molecule has 7 nitrogen and oxygen atoms in total. The molecule has 0 aliphatic carbocycles. The second-order valence-corrected chi connectivity index (χ2v) is 5.33. The topological polar surface area (TPSA) is 87.6 Å². The van der Waals surface area contributed by atoms with Crippen molar-refractivity contribution in [3.8, 4) is 16.5 Å². The summed E-state index contributed by atoms with van der Waals surface area (Å²) in [5, 5.41) is 9.43. The summed E-state index contributed by atoms with van der Waals surface area (Å²) in [4.78, 5) is 22.6. The number of urea groups is 1. The third kappa shape index (κ3) is 2.19. The second-order valence-electron chi connectivity index (χ2n) is 4.25. The number of rotatable bonds is 2. The van der Waals surface area contributed by atoms with Gasteiger partial charge in [-0.1, -0.05) is 0 Å². The molecule has 1 aliphatic rings. The number of thiazole rings is 1. The predicted octanol–water partition coefficient (Wildman–Crippen LogP) is 1.63. The van der Waals surface area contributed by atoms with Gasteiger partial charge in [0.25, 0.3) is 0 Å². The van der Waals surface area contributed by atoms with E-state index in [1.54, 1.807) is 18.8 Å². The first kappa shape index (κ1) is 12.8. The van der Waals surface area contributed by atoms with E-state index in [-0.39, 0.29) is 0 Å². The number of hydrogen-bond acceptors (Lipinski definition) is 6. The summed E-state index contributed by atoms with van der Waals surface area (Å²) >= 11 is 1.50. The Morgan fingerprint density at radius 3 is 2.95 bits per heavy atom. The summed E-state index contributed by atoms with van der Waals surface area (Å²) in [6.07, 6.45) is 1.65. The minimum Gasteiger partial charge on any atom is -0.495 e. The SMILES string of the molecule is COc1ccc(-c2nc3c(s2)CN(C(=O)NO)C3)nc1. The molecule has 104 valence electrons. The van der Waals surface area contributed by atoms with E-state index in [0.29, 0.717) is 18.8 Å². The van der Waals surface area contributed by atoms with Crippen LogP contribution in [0.25, 0.3) is 10.7 Å². The summed E-state index contributed by atoms with van der Waals surface area (Å²) in [6, 6.07) is 3.17. The van der Waals surface area contributed by atoms with E-state index in [0.717, 1.165) is 21.3 Å². The number of carbonyl (C=O) groups is 1. The molecule has 2 aromatic heterocycles. The van der Waals surface area contributed by atoms with Gasteiger partial charge in [-0.15, -0.1) is 11.3 Å². The Morgan fingerprint density at radius 2 is 2.35 bits per heavy atom. The fraction of sp³-hybridized carbons (Fsp3) is 0.250. The van der Waals surface area contributed by atoms with Gasteiger partial charge >= 0.3 is 6.03 Å². The zero-order valence-electron chi connectivity index (χ0n) is 10.7. The van der Waals surface area contributed by atoms with E-state index in [2.05, 4.69) is 9.97 Å². The standard InChI is InChI=1S/C12H12N4O3S/c1-19-7-2-3-8(13-4-7)11-14-9-5-16(12(17)15-18)6-10(9)20-11/h2-4,18H,5-6H2,1H3,(H,15,17). The number of pyridine rings is 1. The molecule has 2 N–H and O–H groups in total. The quantitative estimate of drug-likeness (QED) is 0.649. The number of ether oxygens (including phenoxy) is 1. The molecular weight excluding hydrogens is 280 g/mol. The van der Waals surface area contributed by atoms with E-state index in [1.165, 1.54) is 16.2 Å². The van der Waals surface area contributed by atoms with E-state index in [1.807, 2.05) is 12.1 Å². The van der Waals surface area contributed by atoms with Gasteiger partial charge in [-0.05, 0) is 12.1 Å². The van der Waals surface area contributed by atoms with Crippen molar-refractivity contribution in [2.24, 2.45) is 0 Å². The summed E-state index contributed by atoms with van der Waals surface area (Å²) in [6.45, 7) is 0.851. The molecule has 0 aromatic carbocycles. The lowest BCUT2D eigenvalue weighted by atomic mass is 10.3. The summed E-state index contributed by atoms with van der Waals surface area (Å²) in [7, 11) is 1.59. The highest BCUT2D eigenvalue weighted by Gasteiger charge is 2.27. The van der Waals surface area contributed by atoms with Crippen molar-refractivity contribution in [1.82, 2.24) is 20.3 Å². The van der Waals surface area contributed by atoms with Gasteiger partial charge in [-0.2, -0.15) is 0 Å². The van der Waals surface area contributed by atoms with Crippen molar-refractivity contribution in [1.29, 1.82) is 0 Å². The van der Waals surface area contributed by atoms with Crippen LogP contribution in [0.5, 0.6) is 5.75 Å². The first-order chi connectivity index (χ1) is 9.71. The van der Waals surface area contributed by atoms with Crippen LogP contribution in [0.15, 0.2) is 18.3 Å². The molecular formula is C12H12N4O3S. The van der Waals surface area contributed by atoms with E-state index in [9.17, 15) is 4.79 Å². The largest absolute Gasteiger partial charge is 0.495 e. The molecule has 3 heterocycles. The number of aromatic nitrogens is 2.